The van der Waals surface area contributed by atoms with E-state index < -0.39 is 8.07 Å². The zero-order chi connectivity index (χ0) is 43.2. The van der Waals surface area contributed by atoms with Crippen molar-refractivity contribution in [2.24, 2.45) is 0 Å². The van der Waals surface area contributed by atoms with Crippen molar-refractivity contribution in [3.63, 3.8) is 0 Å². The number of aromatic nitrogens is 4. The van der Waals surface area contributed by atoms with Gasteiger partial charge >= 0.3 is 0 Å². The molecule has 0 aliphatic carbocycles. The first-order chi connectivity index (χ1) is 29.1. The predicted octanol–water partition coefficient (Wildman–Crippen LogP) is 14.4. The summed E-state index contributed by atoms with van der Waals surface area (Å²) < 4.78 is 8.82. The Labute approximate surface area is 382 Å². The molecule has 317 valence electrons. The maximum atomic E-state index is 6.53. The summed E-state index contributed by atoms with van der Waals surface area (Å²) in [6, 6.07) is 48.8. The van der Waals surface area contributed by atoms with Gasteiger partial charge in [0.1, 0.15) is 5.58 Å². The summed E-state index contributed by atoms with van der Waals surface area (Å²) >= 11 is 0. The van der Waals surface area contributed by atoms with Gasteiger partial charge < -0.3 is 14.0 Å². The summed E-state index contributed by atoms with van der Waals surface area (Å²) in [5, 5.41) is 3.59. The fourth-order valence-electron chi connectivity index (χ4n) is 8.27. The van der Waals surface area contributed by atoms with E-state index in [1.54, 1.807) is 0 Å². The van der Waals surface area contributed by atoms with E-state index in [1.165, 1.54) is 33.0 Å². The number of aryl methyl sites for hydroxylation is 1. The number of imidazole rings is 1. The van der Waals surface area contributed by atoms with Gasteiger partial charge in [-0.1, -0.05) is 139 Å². The number of hydrogen-bond acceptors (Lipinski definition) is 4. The zero-order valence-electron chi connectivity index (χ0n) is 37.8. The van der Waals surface area contributed by atoms with Crippen LogP contribution in [0.4, 0.5) is 0 Å². The quantitative estimate of drug-likeness (QED) is 0.118. The Morgan fingerprint density at radius 1 is 0.694 bits per heavy atom. The molecule has 0 fully saturated rings. The zero-order valence-corrected chi connectivity index (χ0v) is 41.2. The van der Waals surface area contributed by atoms with E-state index in [4.69, 9.17) is 14.4 Å². The number of fused-ring (bicyclic) bond motifs is 4. The third-order valence-electron chi connectivity index (χ3n) is 11.5. The molecule has 9 aromatic rings. The molecule has 4 heterocycles. The molecule has 0 aliphatic rings. The molecular weight excluding hydrogens is 953 g/mol. The molecule has 9 rings (SSSR count). The van der Waals surface area contributed by atoms with Crippen molar-refractivity contribution < 1.29 is 24.5 Å². The number of nitrogens with zero attached hydrogens (tertiary/aromatic N) is 4. The Morgan fingerprint density at radius 2 is 1.37 bits per heavy atom. The van der Waals surface area contributed by atoms with Gasteiger partial charge in [0.2, 0.25) is 0 Å². The van der Waals surface area contributed by atoms with Crippen LogP contribution < -0.4 is 5.19 Å². The SMILES string of the molecule is CC(C)c1cc(-c2ccccc2)cc(C(C)C)c1-n1c(-c2[c-]ccc3c2oc2ccccc23)nc2ccc(C(C)(C)C)nc21.Cc1cc(-c2[c-]cccc2)ncc1[Si](C)(C)C.[Ir]. The van der Waals surface area contributed by atoms with Crippen molar-refractivity contribution in [3.05, 3.63) is 162 Å². The Kier molecular flexibility index (Phi) is 12.7. The standard InChI is InChI=1S/C40H38N3O.C15H18NSi.Ir/c1-24(2)31-22-27(26-14-9-8-10-15-26)23-32(25(3)4)36(31)43-38(41-33-20-21-35(40(5,6)7)42-39(33)43)30-18-13-17-29-28-16-11-12-19-34(28)44-37(29)30;1-12-10-14(13-8-6-5-7-9-13)16-11-15(12)17(2,3)4;/h8-17,19-25H,1-7H3;5-8,10-11H,1-4H3;/q2*-1;. The molecule has 4 aromatic heterocycles. The van der Waals surface area contributed by atoms with E-state index >= 15 is 0 Å². The average molecular weight is 1010 g/mol. The normalized spacial score (nSPS) is 12.0. The number of furan rings is 1. The fraction of sp³-hybridized carbons (Fsp3) is 0.255. The van der Waals surface area contributed by atoms with Crippen molar-refractivity contribution in [2.45, 2.75) is 92.3 Å². The Balaban J connectivity index is 0.000000270. The minimum atomic E-state index is -1.27. The topological polar surface area (TPSA) is 56.7 Å². The van der Waals surface area contributed by atoms with Gasteiger partial charge in [0, 0.05) is 48.5 Å². The van der Waals surface area contributed by atoms with Crippen molar-refractivity contribution in [1.29, 1.82) is 0 Å². The molecule has 0 bridgehead atoms. The van der Waals surface area contributed by atoms with Crippen LogP contribution in [-0.4, -0.2) is 27.6 Å². The van der Waals surface area contributed by atoms with Gasteiger partial charge in [0.15, 0.2) is 5.65 Å². The van der Waals surface area contributed by atoms with Crippen LogP contribution in [0, 0.1) is 19.1 Å². The first kappa shape index (κ1) is 44.6. The van der Waals surface area contributed by atoms with Crippen LogP contribution in [0.2, 0.25) is 19.6 Å². The van der Waals surface area contributed by atoms with Gasteiger partial charge in [-0.3, -0.25) is 4.98 Å². The van der Waals surface area contributed by atoms with Gasteiger partial charge in [-0.2, -0.15) is 0 Å². The number of rotatable bonds is 7. The van der Waals surface area contributed by atoms with Crippen LogP contribution in [0.25, 0.3) is 72.6 Å². The molecule has 62 heavy (non-hydrogen) atoms. The molecule has 1 radical (unpaired) electrons. The van der Waals surface area contributed by atoms with Crippen molar-refractivity contribution in [3.8, 4) is 39.5 Å². The van der Waals surface area contributed by atoms with Crippen LogP contribution in [0.15, 0.2) is 132 Å². The predicted molar refractivity (Wildman–Crippen MR) is 259 cm³/mol. The minimum absolute atomic E-state index is 0. The van der Waals surface area contributed by atoms with E-state index in [2.05, 4.69) is 188 Å². The smallest absolute Gasteiger partial charge is 0.155 e. The molecule has 0 atom stereocenters. The van der Waals surface area contributed by atoms with Gasteiger partial charge in [0.05, 0.1) is 25.0 Å². The molecule has 0 saturated heterocycles. The van der Waals surface area contributed by atoms with Crippen molar-refractivity contribution >= 4 is 46.4 Å². The molecular formula is C55H56IrN4OSi-2. The summed E-state index contributed by atoms with van der Waals surface area (Å²) in [6.45, 7) is 25.0. The third-order valence-corrected chi connectivity index (χ3v) is 13.6. The maximum Gasteiger partial charge on any atom is 0.155 e. The van der Waals surface area contributed by atoms with Crippen molar-refractivity contribution in [1.82, 2.24) is 19.5 Å². The molecule has 0 amide bonds. The molecule has 5 nitrogen and oxygen atoms in total. The van der Waals surface area contributed by atoms with E-state index in [0.29, 0.717) is 0 Å². The monoisotopic (exact) mass is 1010 g/mol. The van der Waals surface area contributed by atoms with E-state index in [9.17, 15) is 0 Å². The van der Waals surface area contributed by atoms with E-state index in [1.807, 2.05) is 36.4 Å². The summed E-state index contributed by atoms with van der Waals surface area (Å²) in [5.74, 6) is 1.31. The number of pyridine rings is 2. The molecule has 0 aliphatic heterocycles. The summed E-state index contributed by atoms with van der Waals surface area (Å²) in [7, 11) is -1.27. The van der Waals surface area contributed by atoms with Crippen molar-refractivity contribution in [2.75, 3.05) is 0 Å². The van der Waals surface area contributed by atoms with Crippen LogP contribution >= 0.6 is 0 Å². The number of hydrogen-bond donors (Lipinski definition) is 0. The van der Waals surface area contributed by atoms with Gasteiger partial charge in [-0.25, -0.2) is 4.98 Å². The van der Waals surface area contributed by atoms with Gasteiger partial charge in [-0.15, -0.1) is 54.1 Å². The van der Waals surface area contributed by atoms with Crippen LogP contribution in [0.1, 0.15) is 82.7 Å². The Morgan fingerprint density at radius 3 is 2.00 bits per heavy atom. The second kappa shape index (κ2) is 17.7. The van der Waals surface area contributed by atoms with Gasteiger partial charge in [0.25, 0.3) is 0 Å². The summed E-state index contributed by atoms with van der Waals surface area (Å²) in [4.78, 5) is 15.2. The summed E-state index contributed by atoms with van der Waals surface area (Å²) in [6.07, 6.45) is 2.05. The maximum absolute atomic E-state index is 6.53. The number of benzene rings is 5. The third kappa shape index (κ3) is 8.77. The van der Waals surface area contributed by atoms with Crippen LogP contribution in [0.3, 0.4) is 0 Å². The molecule has 7 heteroatoms. The summed E-state index contributed by atoms with van der Waals surface area (Å²) in [5.41, 5.74) is 14.6. The van der Waals surface area contributed by atoms with E-state index in [-0.39, 0.29) is 37.4 Å². The average Bonchev–Trinajstić information content (AvgIpc) is 3.81. The van der Waals surface area contributed by atoms with Gasteiger partial charge in [-0.05, 0) is 82.2 Å². The first-order valence-corrected chi connectivity index (χ1v) is 25.0. The molecule has 0 spiro atoms. The molecule has 0 N–H and O–H groups in total. The largest absolute Gasteiger partial charge is 0.501 e. The second-order valence-electron chi connectivity index (χ2n) is 18.8. The molecule has 0 unspecified atom stereocenters. The number of para-hydroxylation sites is 1. The fourth-order valence-corrected chi connectivity index (χ4v) is 9.97. The van der Waals surface area contributed by atoms with Crippen LogP contribution in [0.5, 0.6) is 0 Å². The Hall–Kier alpha value is -5.46. The Bertz CT molecular complexity index is 2980. The first-order valence-electron chi connectivity index (χ1n) is 21.5. The molecule has 0 saturated carbocycles. The van der Waals surface area contributed by atoms with Crippen LogP contribution in [-0.2, 0) is 25.5 Å². The second-order valence-corrected chi connectivity index (χ2v) is 23.9. The minimum Gasteiger partial charge on any atom is -0.501 e. The molecule has 5 aromatic carbocycles. The van der Waals surface area contributed by atoms with E-state index in [0.717, 1.165) is 67.1 Å².